The van der Waals surface area contributed by atoms with Crippen molar-refractivity contribution in [1.82, 2.24) is 14.8 Å². The minimum atomic E-state index is -0.698. The van der Waals surface area contributed by atoms with Crippen molar-refractivity contribution in [1.29, 1.82) is 0 Å². The number of rotatable bonds is 3. The second-order valence-corrected chi connectivity index (χ2v) is 7.64. The van der Waals surface area contributed by atoms with Gasteiger partial charge in [-0.1, -0.05) is 25.1 Å². The van der Waals surface area contributed by atoms with Crippen LogP contribution in [0.25, 0.3) is 10.9 Å². The van der Waals surface area contributed by atoms with Crippen molar-refractivity contribution >= 4 is 40.5 Å². The van der Waals surface area contributed by atoms with E-state index in [0.717, 1.165) is 0 Å². The summed E-state index contributed by atoms with van der Waals surface area (Å²) in [6.07, 6.45) is 2.63. The number of aromatic nitrogens is 1. The maximum atomic E-state index is 12.9. The average Bonchev–Trinajstić information content (AvgIpc) is 3.42. The van der Waals surface area contributed by atoms with Crippen molar-refractivity contribution < 1.29 is 23.9 Å². The number of benzene rings is 1. The van der Waals surface area contributed by atoms with Gasteiger partial charge in [0, 0.05) is 24.0 Å². The number of nitrogens with zero attached hydrogens (tertiary/aromatic N) is 2. The van der Waals surface area contributed by atoms with E-state index >= 15 is 0 Å². The molecule has 0 radical (unpaired) electrons. The number of ether oxygens (including phenoxy) is 1. The lowest BCUT2D eigenvalue weighted by Crippen LogP contribution is -2.52. The van der Waals surface area contributed by atoms with Crippen LogP contribution in [0.1, 0.15) is 19.8 Å². The molecule has 10 nitrogen and oxygen atoms in total. The number of esters is 1. The third kappa shape index (κ3) is 3.44. The van der Waals surface area contributed by atoms with E-state index in [1.54, 1.807) is 24.3 Å². The smallest absolute Gasteiger partial charge is 0.329 e. The van der Waals surface area contributed by atoms with Gasteiger partial charge in [0.15, 0.2) is 0 Å². The van der Waals surface area contributed by atoms with Crippen molar-refractivity contribution in [2.45, 2.75) is 31.8 Å². The van der Waals surface area contributed by atoms with Crippen LogP contribution in [0, 0.1) is 5.92 Å². The number of amides is 4. The number of carbonyl (C=O) groups excluding carboxylic acids is 4. The molecule has 1 aromatic carbocycles. The first kappa shape index (κ1) is 19.7. The van der Waals surface area contributed by atoms with E-state index in [1.807, 2.05) is 6.92 Å². The Morgan fingerprint density at radius 1 is 1.23 bits per heavy atom. The van der Waals surface area contributed by atoms with Gasteiger partial charge in [-0.2, -0.15) is 0 Å². The number of nitrogens with two attached hydrogens (primary N) is 1. The maximum Gasteiger partial charge on any atom is 0.329 e. The molecule has 10 heteroatoms. The Kier molecular flexibility index (Phi) is 5.06. The summed E-state index contributed by atoms with van der Waals surface area (Å²) in [7, 11) is 0. The van der Waals surface area contributed by atoms with Gasteiger partial charge in [0.1, 0.15) is 12.1 Å². The highest BCUT2D eigenvalue weighted by molar-refractivity contribution is 6.05. The van der Waals surface area contributed by atoms with Crippen molar-refractivity contribution in [3.05, 3.63) is 30.5 Å². The van der Waals surface area contributed by atoms with Gasteiger partial charge in [0.2, 0.25) is 5.91 Å². The summed E-state index contributed by atoms with van der Waals surface area (Å²) in [6, 6.07) is 4.55. The van der Waals surface area contributed by atoms with E-state index < -0.39 is 30.1 Å². The molecule has 3 atom stereocenters. The normalized spacial score (nSPS) is 23.4. The zero-order chi connectivity index (χ0) is 21.4. The summed E-state index contributed by atoms with van der Waals surface area (Å²) in [5.41, 5.74) is 6.42. The van der Waals surface area contributed by atoms with Gasteiger partial charge in [0.05, 0.1) is 17.8 Å². The molecule has 1 aromatic heterocycles. The van der Waals surface area contributed by atoms with Crippen molar-refractivity contribution in [2.75, 3.05) is 18.5 Å². The zero-order valence-electron chi connectivity index (χ0n) is 16.5. The fourth-order valence-electron chi connectivity index (χ4n) is 4.01. The third-order valence-electron chi connectivity index (χ3n) is 5.62. The number of primary amides is 1. The number of likely N-dealkylation sites (tertiary alicyclic amines) is 1. The van der Waals surface area contributed by atoms with E-state index in [0.29, 0.717) is 36.0 Å². The van der Waals surface area contributed by atoms with Gasteiger partial charge in [-0.3, -0.25) is 9.36 Å². The van der Waals surface area contributed by atoms with Crippen LogP contribution >= 0.6 is 0 Å². The van der Waals surface area contributed by atoms with Crippen molar-refractivity contribution in [3.8, 4) is 0 Å². The van der Waals surface area contributed by atoms with Gasteiger partial charge in [-0.15, -0.1) is 0 Å². The highest BCUT2D eigenvalue weighted by Gasteiger charge is 2.40. The van der Waals surface area contributed by atoms with E-state index in [4.69, 9.17) is 10.5 Å². The van der Waals surface area contributed by atoms with Crippen molar-refractivity contribution in [3.63, 3.8) is 0 Å². The first-order valence-corrected chi connectivity index (χ1v) is 9.81. The molecule has 0 bridgehead atoms. The Morgan fingerprint density at radius 3 is 2.70 bits per heavy atom. The number of anilines is 1. The summed E-state index contributed by atoms with van der Waals surface area (Å²) in [6.45, 7) is 2.50. The Hall–Kier alpha value is -3.56. The largest absolute Gasteiger partial charge is 0.464 e. The predicted octanol–water partition coefficient (Wildman–Crippen LogP) is 1.24. The molecule has 4 N–H and O–H groups in total. The molecule has 2 aliphatic heterocycles. The number of hydrogen-bond donors (Lipinski definition) is 3. The van der Waals surface area contributed by atoms with Gasteiger partial charge < -0.3 is 26.0 Å². The number of carbonyl (C=O) groups is 4. The second-order valence-electron chi connectivity index (χ2n) is 7.64. The summed E-state index contributed by atoms with van der Waals surface area (Å²) in [5.74, 6) is -0.952. The third-order valence-corrected chi connectivity index (χ3v) is 5.62. The molecule has 4 amide bonds. The molecule has 2 fully saturated rings. The van der Waals surface area contributed by atoms with Crippen LogP contribution in [0.3, 0.4) is 0 Å². The molecule has 0 spiro atoms. The fraction of sp³-hybridized carbons (Fsp3) is 0.400. The molecular formula is C20H23N5O5. The summed E-state index contributed by atoms with van der Waals surface area (Å²) in [4.78, 5) is 50.6. The summed E-state index contributed by atoms with van der Waals surface area (Å²) < 4.78 is 6.23. The standard InChI is InChI=1S/C20H23N5O5/c1-11-10-30-18(27)16(11)23-17(26)15-7-4-8-24(15)20(29)22-13-9-25(19(21)28)14-6-3-2-5-12(13)14/h2-3,5-6,9,11,15-16H,4,7-8,10H2,1H3,(H2,21,28)(H,22,29)(H,23,26). The quantitative estimate of drug-likeness (QED) is 0.651. The van der Waals surface area contributed by atoms with Gasteiger partial charge in [-0.05, 0) is 18.9 Å². The Balaban J connectivity index is 1.51. The average molecular weight is 413 g/mol. The lowest BCUT2D eigenvalue weighted by molar-refractivity contribution is -0.141. The Morgan fingerprint density at radius 2 is 2.00 bits per heavy atom. The highest BCUT2D eigenvalue weighted by Crippen LogP contribution is 2.27. The Bertz CT molecular complexity index is 1030. The van der Waals surface area contributed by atoms with E-state index in [2.05, 4.69) is 10.6 Å². The molecule has 0 aliphatic carbocycles. The molecule has 3 unspecified atom stereocenters. The lowest BCUT2D eigenvalue weighted by atomic mass is 10.1. The minimum absolute atomic E-state index is 0.120. The number of para-hydroxylation sites is 1. The Labute approximate surface area is 172 Å². The number of cyclic esters (lactones) is 1. The SMILES string of the molecule is CC1COC(=O)C1NC(=O)C1CCCN1C(=O)Nc1cn(C(N)=O)c2ccccc12. The predicted molar refractivity (Wildman–Crippen MR) is 108 cm³/mol. The van der Waals surface area contributed by atoms with E-state index in [1.165, 1.54) is 15.7 Å². The fourth-order valence-corrected chi connectivity index (χ4v) is 4.01. The number of urea groups is 1. The lowest BCUT2D eigenvalue weighted by Gasteiger charge is -2.25. The first-order chi connectivity index (χ1) is 14.4. The first-order valence-electron chi connectivity index (χ1n) is 9.81. The van der Waals surface area contributed by atoms with Crippen LogP contribution in [-0.2, 0) is 14.3 Å². The molecule has 2 saturated heterocycles. The van der Waals surface area contributed by atoms with Crippen LogP contribution in [0.2, 0.25) is 0 Å². The van der Waals surface area contributed by atoms with Crippen LogP contribution < -0.4 is 16.4 Å². The molecule has 30 heavy (non-hydrogen) atoms. The molecule has 0 saturated carbocycles. The van der Waals surface area contributed by atoms with Crippen LogP contribution in [-0.4, -0.2) is 58.6 Å². The van der Waals surface area contributed by atoms with Gasteiger partial charge in [-0.25, -0.2) is 14.4 Å². The van der Waals surface area contributed by atoms with E-state index in [9.17, 15) is 19.2 Å². The summed E-state index contributed by atoms with van der Waals surface area (Å²) in [5, 5.41) is 6.16. The van der Waals surface area contributed by atoms with Crippen molar-refractivity contribution in [2.24, 2.45) is 11.7 Å². The maximum absolute atomic E-state index is 12.9. The topological polar surface area (TPSA) is 136 Å². The number of fused-ring (bicyclic) bond motifs is 1. The minimum Gasteiger partial charge on any atom is -0.464 e. The number of nitrogens with one attached hydrogen (secondary N) is 2. The van der Waals surface area contributed by atoms with Gasteiger partial charge >= 0.3 is 18.0 Å². The van der Waals surface area contributed by atoms with Crippen LogP contribution in [0.4, 0.5) is 15.3 Å². The van der Waals surface area contributed by atoms with Crippen LogP contribution in [0.15, 0.2) is 30.5 Å². The van der Waals surface area contributed by atoms with E-state index in [-0.39, 0.29) is 18.4 Å². The summed E-state index contributed by atoms with van der Waals surface area (Å²) >= 11 is 0. The monoisotopic (exact) mass is 413 g/mol. The highest BCUT2D eigenvalue weighted by atomic mass is 16.5. The molecule has 2 aromatic rings. The van der Waals surface area contributed by atoms with Crippen LogP contribution in [0.5, 0.6) is 0 Å². The second kappa shape index (κ2) is 7.69. The zero-order valence-corrected chi connectivity index (χ0v) is 16.5. The molecule has 158 valence electrons. The molecular weight excluding hydrogens is 390 g/mol. The van der Waals surface area contributed by atoms with Gasteiger partial charge in [0.25, 0.3) is 0 Å². The number of hydrogen-bond acceptors (Lipinski definition) is 5. The molecule has 3 heterocycles. The molecule has 2 aliphatic rings. The molecule has 4 rings (SSSR count).